The van der Waals surface area contributed by atoms with Crippen LogP contribution in [-0.2, 0) is 18.5 Å². The molecule has 702 valence electrons. The molecule has 0 aliphatic rings. The molecule has 0 saturated heterocycles. The molecule has 0 heterocycles. The van der Waals surface area contributed by atoms with E-state index in [1.165, 1.54) is 38.9 Å². The summed E-state index contributed by atoms with van der Waals surface area (Å²) in [6.07, 6.45) is -15.9. The highest BCUT2D eigenvalue weighted by Crippen LogP contribution is 2.43. The van der Waals surface area contributed by atoms with Crippen molar-refractivity contribution >= 4 is 159 Å². The van der Waals surface area contributed by atoms with Gasteiger partial charge in [-0.2, -0.15) is 39.5 Å². The highest BCUT2D eigenvalue weighted by atomic mass is 28.3. The van der Waals surface area contributed by atoms with Crippen molar-refractivity contribution in [1.82, 2.24) is 0 Å². The zero-order chi connectivity index (χ0) is 99.0. The predicted octanol–water partition coefficient (Wildman–Crippen LogP) is 28.7. The Labute approximate surface area is 777 Å². The van der Waals surface area contributed by atoms with Crippen molar-refractivity contribution in [2.75, 3.05) is 0 Å². The lowest BCUT2D eigenvalue weighted by molar-refractivity contribution is -0.149. The lowest BCUT2D eigenvalue weighted by atomic mass is 9.97. The molecular formula is C105H171F9Si12. The molecule has 0 unspecified atom stereocenters. The molecule has 0 radical (unpaired) electrons. The van der Waals surface area contributed by atoms with Crippen LogP contribution in [-0.4, -0.2) is 96.9 Å². The van der Waals surface area contributed by atoms with E-state index >= 15 is 0 Å². The van der Waals surface area contributed by atoms with Crippen LogP contribution in [0.5, 0.6) is 0 Å². The molecule has 21 heteroatoms. The monoisotopic (exact) mass is 1940 g/mol. The van der Waals surface area contributed by atoms with Gasteiger partial charge in [0.2, 0.25) is 0 Å². The van der Waals surface area contributed by atoms with Gasteiger partial charge in [-0.05, 0) is 97.1 Å². The van der Waals surface area contributed by atoms with Gasteiger partial charge in [0, 0.05) is 0 Å². The minimum atomic E-state index is -5.30. The van der Waals surface area contributed by atoms with E-state index in [1.807, 2.05) is 0 Å². The Hall–Kier alpha value is -5.05. The van der Waals surface area contributed by atoms with Crippen LogP contribution in [0.3, 0.4) is 0 Å². The maximum absolute atomic E-state index is 12.5. The number of halogens is 9. The van der Waals surface area contributed by atoms with Gasteiger partial charge in [0.15, 0.2) is 0 Å². The van der Waals surface area contributed by atoms with Crippen LogP contribution in [0.15, 0.2) is 176 Å². The van der Waals surface area contributed by atoms with Gasteiger partial charge in [-0.15, -0.1) is 0 Å². The lowest BCUT2D eigenvalue weighted by Gasteiger charge is -2.30. The average Bonchev–Trinajstić information content (AvgIpc) is 0.772. The highest BCUT2D eigenvalue weighted by molar-refractivity contribution is 6.96. The van der Waals surface area contributed by atoms with Crippen molar-refractivity contribution in [2.45, 2.75) is 336 Å². The van der Waals surface area contributed by atoms with E-state index in [0.29, 0.717) is 12.8 Å². The Morgan fingerprint density at radius 3 is 0.778 bits per heavy atom. The van der Waals surface area contributed by atoms with Crippen LogP contribution < -0.4 is 62.2 Å². The molecule has 0 amide bonds. The maximum atomic E-state index is 12.5. The largest absolute Gasteiger partial charge is 0.416 e. The second kappa shape index (κ2) is 46.1. The summed E-state index contributed by atoms with van der Waals surface area (Å²) in [4.78, 5) is 0. The maximum Gasteiger partial charge on any atom is 0.416 e. The lowest BCUT2D eigenvalue weighted by Crippen LogP contribution is -2.53. The van der Waals surface area contributed by atoms with Crippen LogP contribution in [0, 0.1) is 62.3 Å². The summed E-state index contributed by atoms with van der Waals surface area (Å²) in [6, 6.07) is 60.9. The number of alkyl halides is 9. The Bertz CT molecular complexity index is 4670. The number of benzene rings is 9. The first-order valence-corrected chi connectivity index (χ1v) is 87.2. The molecule has 0 aliphatic heterocycles. The molecule has 0 nitrogen and oxygen atoms in total. The van der Waals surface area contributed by atoms with Gasteiger partial charge in [0.05, 0.1) is 114 Å². The smallest absolute Gasteiger partial charge is 0.166 e. The summed E-state index contributed by atoms with van der Waals surface area (Å²) < 4.78 is 112. The van der Waals surface area contributed by atoms with E-state index in [0.717, 1.165) is 0 Å². The van der Waals surface area contributed by atoms with Crippen LogP contribution in [0.1, 0.15) is 92.1 Å². The second-order valence-electron chi connectivity index (χ2n) is 47.5. The van der Waals surface area contributed by atoms with E-state index in [4.69, 9.17) is 0 Å². The van der Waals surface area contributed by atoms with Gasteiger partial charge in [0.25, 0.3) is 0 Å². The van der Waals surface area contributed by atoms with Crippen molar-refractivity contribution in [3.63, 3.8) is 0 Å². The quantitative estimate of drug-likeness (QED) is 0.0797. The van der Waals surface area contributed by atoms with Gasteiger partial charge < -0.3 is 0 Å². The predicted molar refractivity (Wildman–Crippen MR) is 585 cm³/mol. The van der Waals surface area contributed by atoms with E-state index in [9.17, 15) is 39.5 Å². The third-order valence-corrected chi connectivity index (χ3v) is 47.6. The van der Waals surface area contributed by atoms with Crippen molar-refractivity contribution < 1.29 is 39.5 Å². The molecule has 9 aromatic carbocycles. The fourth-order valence-corrected chi connectivity index (χ4v) is 34.0. The van der Waals surface area contributed by atoms with E-state index < -0.39 is 138 Å². The minimum absolute atomic E-state index is 0.329. The van der Waals surface area contributed by atoms with Crippen LogP contribution in [0.2, 0.25) is 236 Å². The number of rotatable bonds is 13. The molecule has 0 aromatic heterocycles. The zero-order valence-corrected chi connectivity index (χ0v) is 99.7. The second-order valence-corrected chi connectivity index (χ2v) is 108. The van der Waals surface area contributed by atoms with E-state index in [1.54, 1.807) is 73.4 Å². The number of hydrogen-bond acceptors (Lipinski definition) is 0. The SMILES string of the molecule is Cc1c(C(F)(F)F)cc(C(F)(F)F)cc1C(F)(F)F.Cc1c([Si](C)(C)C)cc([Si](C)(C)C)cc1[Si](C)(C)C.Cc1c([Si](C)(C)C)cccc1[Si](C)(C)C.Cc1cc([Si](C)(C)C)cc([Si](C)(C)C)c1.Cc1ccc([Si](C)(C)C)cc1.Cc1ccc([Si](C)(C)C)cc1[Si](C)(C)C.Cc1cccc([Si](C)(C)C)c1.Cc1ccccc1C(C)C.Cc1ccccc1[Si](C)(C)C. The molecule has 0 atom stereocenters. The Kier molecular flexibility index (Phi) is 43.5. The van der Waals surface area contributed by atoms with Gasteiger partial charge in [0.1, 0.15) is 0 Å². The number of hydrogen-bond donors (Lipinski definition) is 0. The molecule has 0 N–H and O–H groups in total. The van der Waals surface area contributed by atoms with Crippen molar-refractivity contribution in [2.24, 2.45) is 0 Å². The molecule has 0 fully saturated rings. The summed E-state index contributed by atoms with van der Waals surface area (Å²) in [5, 5.41) is 19.5. The summed E-state index contributed by atoms with van der Waals surface area (Å²) >= 11 is 0. The fourth-order valence-electron chi connectivity index (χ4n) is 14.8. The van der Waals surface area contributed by atoms with Crippen molar-refractivity contribution in [3.8, 4) is 0 Å². The molecule has 0 aliphatic carbocycles. The first-order chi connectivity index (χ1) is 56.1. The standard InChI is InChI=1S/C16H32Si3.3C13H24Si2.C10H5F9.3C10H16Si.C10H14/c1-13-15(18(5,6)7)11-14(17(2,3)4)12-16(13)19(8,9)10;1-11-8-12(14(2,3)4)10-13(9-11)15(5,6)7;1-11-8-9-12(14(2,3)4)10-13(11)15(5,6)7;1-11-12(14(2,3)4)9-8-10-13(11)15(5,6)7;1-4-6(9(14,15)16)2-5(8(11,12)13)3-7(4)10(17,18)19;1-9-5-7-10(8-6-9)11(2,3)4;1-9-6-5-7-10(8-9)11(2,3)4;1-9-7-5-6-8-10(9)11(2,3)4;1-8(2)10-7-5-4-6-9(10)3/h11-12H,1-10H3;3*8-10H,1-7H3;2-3H,1H3;3*5-8H,1-4H3;4-8H,1-3H3. The average molecular weight is 1940 g/mol. The first-order valence-electron chi connectivity index (χ1n) is 45.2. The van der Waals surface area contributed by atoms with E-state index in [2.05, 4.69) is 469 Å². The Balaban J connectivity index is 0.000000714. The topological polar surface area (TPSA) is 0 Å². The summed E-state index contributed by atoms with van der Waals surface area (Å²) in [5.41, 5.74) is 5.98. The van der Waals surface area contributed by atoms with Crippen LogP contribution in [0.4, 0.5) is 39.5 Å². The molecule has 0 saturated carbocycles. The van der Waals surface area contributed by atoms with Gasteiger partial charge in [-0.3, -0.25) is 0 Å². The Morgan fingerprint density at radius 2 is 0.484 bits per heavy atom. The third kappa shape index (κ3) is 40.6. The Morgan fingerprint density at radius 1 is 0.198 bits per heavy atom. The van der Waals surface area contributed by atoms with Crippen molar-refractivity contribution in [3.05, 3.63) is 248 Å². The highest BCUT2D eigenvalue weighted by Gasteiger charge is 2.44. The molecule has 0 spiro atoms. The zero-order valence-electron chi connectivity index (χ0n) is 87.7. The normalized spacial score (nSPS) is 12.7. The molecular weight excluding hydrogens is 1770 g/mol. The van der Waals surface area contributed by atoms with Gasteiger partial charge >= 0.3 is 18.5 Å². The minimum Gasteiger partial charge on any atom is -0.166 e. The van der Waals surface area contributed by atoms with Gasteiger partial charge in [-0.25, -0.2) is 0 Å². The van der Waals surface area contributed by atoms with E-state index in [-0.39, 0.29) is 12.1 Å². The first kappa shape index (κ1) is 119. The van der Waals surface area contributed by atoms with Crippen molar-refractivity contribution in [1.29, 1.82) is 0 Å². The van der Waals surface area contributed by atoms with Gasteiger partial charge in [-0.1, -0.05) is 515 Å². The molecule has 126 heavy (non-hydrogen) atoms. The summed E-state index contributed by atoms with van der Waals surface area (Å²) in [7, 11) is -13.9. The molecule has 9 rings (SSSR count). The summed E-state index contributed by atoms with van der Waals surface area (Å²) in [5.74, 6) is 0.654. The summed E-state index contributed by atoms with van der Waals surface area (Å²) in [6.45, 7) is 110. The number of aryl methyl sites for hydroxylation is 6. The van der Waals surface area contributed by atoms with Crippen LogP contribution in [0.25, 0.3) is 0 Å². The molecule has 0 bridgehead atoms. The third-order valence-electron chi connectivity index (χ3n) is 22.5. The van der Waals surface area contributed by atoms with Crippen LogP contribution >= 0.6 is 0 Å². The molecule has 9 aromatic rings. The fraction of sp³-hybridized carbons (Fsp3) is 0.486.